The molecule has 0 aliphatic heterocycles. The Morgan fingerprint density at radius 2 is 2.11 bits per heavy atom. The van der Waals surface area contributed by atoms with Crippen molar-refractivity contribution in [2.45, 2.75) is 37.8 Å². The zero-order valence-electron chi connectivity index (χ0n) is 9.83. The highest BCUT2D eigenvalue weighted by atomic mass is 35.5. The van der Waals surface area contributed by atoms with Crippen LogP contribution in [0.3, 0.4) is 0 Å². The predicted octanol–water partition coefficient (Wildman–Crippen LogP) is 2.51. The first-order chi connectivity index (χ1) is 8.58. The highest BCUT2D eigenvalue weighted by Crippen LogP contribution is 2.20. The Bertz CT molecular complexity index is 453. The second-order valence-electron chi connectivity index (χ2n) is 4.56. The summed E-state index contributed by atoms with van der Waals surface area (Å²) in [7, 11) is 0. The minimum absolute atomic E-state index is 0.0831. The lowest BCUT2D eigenvalue weighted by molar-refractivity contribution is 0.0714. The van der Waals surface area contributed by atoms with E-state index in [-0.39, 0.29) is 11.6 Å². The molecule has 1 fully saturated rings. The molecule has 2 N–H and O–H groups in total. The van der Waals surface area contributed by atoms with Gasteiger partial charge in [-0.3, -0.25) is 4.79 Å². The molecule has 18 heavy (non-hydrogen) atoms. The number of hydrogen-bond acceptors (Lipinski definition) is 2. The maximum atomic E-state index is 13.5. The first kappa shape index (κ1) is 13.3. The largest absolute Gasteiger partial charge is 0.391 e. The number of carbonyl (C=O) groups excluding carboxylic acids is 1. The van der Waals surface area contributed by atoms with Gasteiger partial charge in [0.15, 0.2) is 0 Å². The predicted molar refractivity (Wildman–Crippen MR) is 67.1 cm³/mol. The van der Waals surface area contributed by atoms with Gasteiger partial charge in [0, 0.05) is 5.02 Å². The fraction of sp³-hybridized carbons (Fsp3) is 0.462. The SMILES string of the molecule is O=C(N[C@@H]1CCCC[C@H]1O)c1cc(Cl)ccc1F. The van der Waals surface area contributed by atoms with Crippen molar-refractivity contribution < 1.29 is 14.3 Å². The van der Waals surface area contributed by atoms with Gasteiger partial charge in [0.25, 0.3) is 5.91 Å². The van der Waals surface area contributed by atoms with Crippen molar-refractivity contribution >= 4 is 17.5 Å². The van der Waals surface area contributed by atoms with Crippen LogP contribution >= 0.6 is 11.6 Å². The van der Waals surface area contributed by atoms with Crippen LogP contribution in [-0.2, 0) is 0 Å². The molecule has 0 bridgehead atoms. The summed E-state index contributed by atoms with van der Waals surface area (Å²) in [6, 6.07) is 3.55. The molecule has 1 aromatic rings. The molecular weight excluding hydrogens is 257 g/mol. The number of carbonyl (C=O) groups is 1. The van der Waals surface area contributed by atoms with E-state index >= 15 is 0 Å². The lowest BCUT2D eigenvalue weighted by atomic mass is 9.92. The molecule has 0 heterocycles. The molecule has 2 rings (SSSR count). The van der Waals surface area contributed by atoms with E-state index in [1.807, 2.05) is 0 Å². The van der Waals surface area contributed by atoms with Crippen LogP contribution in [0.1, 0.15) is 36.0 Å². The number of nitrogens with one attached hydrogen (secondary N) is 1. The molecular formula is C13H15ClFNO2. The van der Waals surface area contributed by atoms with E-state index in [0.29, 0.717) is 11.4 Å². The average molecular weight is 272 g/mol. The Morgan fingerprint density at radius 3 is 2.83 bits per heavy atom. The normalized spacial score (nSPS) is 23.7. The third-order valence-corrected chi connectivity index (χ3v) is 3.45. The van der Waals surface area contributed by atoms with Crippen LogP contribution in [0.2, 0.25) is 5.02 Å². The lowest BCUT2D eigenvalue weighted by Gasteiger charge is -2.28. The first-order valence-corrected chi connectivity index (χ1v) is 6.39. The molecule has 0 radical (unpaired) electrons. The van der Waals surface area contributed by atoms with Crippen molar-refractivity contribution in [1.29, 1.82) is 0 Å². The van der Waals surface area contributed by atoms with E-state index in [1.165, 1.54) is 12.1 Å². The molecule has 0 spiro atoms. The summed E-state index contributed by atoms with van der Waals surface area (Å²) >= 11 is 5.74. The van der Waals surface area contributed by atoms with Gasteiger partial charge in [0.1, 0.15) is 5.82 Å². The van der Waals surface area contributed by atoms with Crippen LogP contribution in [0, 0.1) is 5.82 Å². The van der Waals surface area contributed by atoms with E-state index in [2.05, 4.69) is 5.32 Å². The van der Waals surface area contributed by atoms with E-state index in [0.717, 1.165) is 25.3 Å². The van der Waals surface area contributed by atoms with Gasteiger partial charge in [-0.15, -0.1) is 0 Å². The van der Waals surface area contributed by atoms with E-state index in [1.54, 1.807) is 0 Å². The number of hydrogen-bond donors (Lipinski definition) is 2. The quantitative estimate of drug-likeness (QED) is 0.868. The molecule has 1 amide bonds. The molecule has 0 saturated heterocycles. The third-order valence-electron chi connectivity index (χ3n) is 3.22. The van der Waals surface area contributed by atoms with Gasteiger partial charge in [-0.1, -0.05) is 24.4 Å². The van der Waals surface area contributed by atoms with Crippen molar-refractivity contribution in [2.75, 3.05) is 0 Å². The summed E-state index contributed by atoms with van der Waals surface area (Å²) < 4.78 is 13.5. The van der Waals surface area contributed by atoms with Crippen LogP contribution in [0.4, 0.5) is 4.39 Å². The summed E-state index contributed by atoms with van der Waals surface area (Å²) in [5.74, 6) is -1.14. The summed E-state index contributed by atoms with van der Waals surface area (Å²) in [6.45, 7) is 0. The fourth-order valence-electron chi connectivity index (χ4n) is 2.20. The third kappa shape index (κ3) is 3.00. The van der Waals surface area contributed by atoms with Crippen molar-refractivity contribution in [2.24, 2.45) is 0 Å². The number of amides is 1. The van der Waals surface area contributed by atoms with Crippen molar-refractivity contribution in [1.82, 2.24) is 5.32 Å². The van der Waals surface area contributed by atoms with Gasteiger partial charge in [0.2, 0.25) is 0 Å². The molecule has 5 heteroatoms. The maximum absolute atomic E-state index is 13.5. The van der Waals surface area contributed by atoms with E-state index in [9.17, 15) is 14.3 Å². The number of aliphatic hydroxyl groups is 1. The molecule has 1 saturated carbocycles. The summed E-state index contributed by atoms with van der Waals surface area (Å²) in [6.07, 6.45) is 2.75. The minimum Gasteiger partial charge on any atom is -0.391 e. The second kappa shape index (κ2) is 5.67. The summed E-state index contributed by atoms with van der Waals surface area (Å²) in [5, 5.41) is 12.7. The number of aliphatic hydroxyl groups excluding tert-OH is 1. The Morgan fingerprint density at radius 1 is 1.39 bits per heavy atom. The fourth-order valence-corrected chi connectivity index (χ4v) is 2.37. The van der Waals surface area contributed by atoms with Gasteiger partial charge in [-0.05, 0) is 31.0 Å². The molecule has 1 aromatic carbocycles. The van der Waals surface area contributed by atoms with Crippen molar-refractivity contribution in [3.63, 3.8) is 0 Å². The van der Waals surface area contributed by atoms with Gasteiger partial charge < -0.3 is 10.4 Å². The molecule has 2 atom stereocenters. The maximum Gasteiger partial charge on any atom is 0.254 e. The average Bonchev–Trinajstić information content (AvgIpc) is 2.35. The summed E-state index contributed by atoms with van der Waals surface area (Å²) in [5.41, 5.74) is -0.0831. The lowest BCUT2D eigenvalue weighted by Crippen LogP contribution is -2.45. The van der Waals surface area contributed by atoms with E-state index in [4.69, 9.17) is 11.6 Å². The van der Waals surface area contributed by atoms with Crippen molar-refractivity contribution in [3.05, 3.63) is 34.6 Å². The Hall–Kier alpha value is -1.13. The Balaban J connectivity index is 2.09. The Labute approximate surface area is 110 Å². The molecule has 1 aliphatic rings. The standard InChI is InChI=1S/C13H15ClFNO2/c14-8-5-6-10(15)9(7-8)13(18)16-11-3-1-2-4-12(11)17/h5-7,11-12,17H,1-4H2,(H,16,18)/t11-,12-/m1/s1. The number of halogens is 2. The molecule has 0 aromatic heterocycles. The van der Waals surface area contributed by atoms with Crippen LogP contribution in [0.25, 0.3) is 0 Å². The molecule has 1 aliphatic carbocycles. The van der Waals surface area contributed by atoms with Crippen LogP contribution in [-0.4, -0.2) is 23.2 Å². The number of benzene rings is 1. The van der Waals surface area contributed by atoms with Gasteiger partial charge >= 0.3 is 0 Å². The minimum atomic E-state index is -0.609. The monoisotopic (exact) mass is 271 g/mol. The molecule has 98 valence electrons. The number of rotatable bonds is 2. The summed E-state index contributed by atoms with van der Waals surface area (Å²) in [4.78, 5) is 11.9. The molecule has 0 unspecified atom stereocenters. The zero-order chi connectivity index (χ0) is 13.1. The van der Waals surface area contributed by atoms with Crippen LogP contribution < -0.4 is 5.32 Å². The van der Waals surface area contributed by atoms with Crippen molar-refractivity contribution in [3.8, 4) is 0 Å². The second-order valence-corrected chi connectivity index (χ2v) is 4.99. The highest BCUT2D eigenvalue weighted by molar-refractivity contribution is 6.31. The zero-order valence-corrected chi connectivity index (χ0v) is 10.6. The molecule has 3 nitrogen and oxygen atoms in total. The van der Waals surface area contributed by atoms with Crippen LogP contribution in [0.5, 0.6) is 0 Å². The Kier molecular flexibility index (Phi) is 4.19. The van der Waals surface area contributed by atoms with Crippen LogP contribution in [0.15, 0.2) is 18.2 Å². The van der Waals surface area contributed by atoms with Gasteiger partial charge in [0.05, 0.1) is 17.7 Å². The first-order valence-electron chi connectivity index (χ1n) is 6.02. The smallest absolute Gasteiger partial charge is 0.254 e. The van der Waals surface area contributed by atoms with Gasteiger partial charge in [-0.25, -0.2) is 4.39 Å². The highest BCUT2D eigenvalue weighted by Gasteiger charge is 2.25. The van der Waals surface area contributed by atoms with Gasteiger partial charge in [-0.2, -0.15) is 0 Å². The topological polar surface area (TPSA) is 49.3 Å². The van der Waals surface area contributed by atoms with E-state index < -0.39 is 17.8 Å².